The minimum Gasteiger partial charge on any atom is -0.391 e. The van der Waals surface area contributed by atoms with Crippen LogP contribution in [0, 0.1) is 0 Å². The van der Waals surface area contributed by atoms with E-state index in [4.69, 9.17) is 5.73 Å². The van der Waals surface area contributed by atoms with Crippen LogP contribution in [-0.2, 0) is 0 Å². The van der Waals surface area contributed by atoms with Gasteiger partial charge in [-0.2, -0.15) is 0 Å². The fourth-order valence-corrected chi connectivity index (χ4v) is 3.47. The quantitative estimate of drug-likeness (QED) is 0.894. The zero-order valence-corrected chi connectivity index (χ0v) is 13.0. The molecule has 1 fully saturated rings. The first kappa shape index (κ1) is 15.0. The monoisotopic (exact) mass is 326 g/mol. The van der Waals surface area contributed by atoms with Crippen LogP contribution in [0.25, 0.3) is 0 Å². The topological polar surface area (TPSA) is 49.5 Å². The van der Waals surface area contributed by atoms with Crippen LogP contribution in [0.3, 0.4) is 0 Å². The molecule has 0 aromatic heterocycles. The summed E-state index contributed by atoms with van der Waals surface area (Å²) in [6.45, 7) is 0.566. The predicted molar refractivity (Wildman–Crippen MR) is 82.0 cm³/mol. The molecule has 0 aliphatic heterocycles. The SMILES string of the molecule is CN(C(CN)c1cccc(Br)c1)C1CCCCC1O. The average Bonchev–Trinajstić information content (AvgIpc) is 2.40. The Morgan fingerprint density at radius 1 is 1.42 bits per heavy atom. The first-order valence-electron chi connectivity index (χ1n) is 6.99. The fraction of sp³-hybridized carbons (Fsp3) is 0.600. The van der Waals surface area contributed by atoms with E-state index in [1.54, 1.807) is 0 Å². The lowest BCUT2D eigenvalue weighted by Gasteiger charge is -2.39. The van der Waals surface area contributed by atoms with E-state index >= 15 is 0 Å². The van der Waals surface area contributed by atoms with Gasteiger partial charge in [0.1, 0.15) is 0 Å². The van der Waals surface area contributed by atoms with Crippen LogP contribution in [0.15, 0.2) is 28.7 Å². The Bertz CT molecular complexity index is 413. The Hall–Kier alpha value is -0.420. The molecule has 1 aromatic rings. The molecular formula is C15H23BrN2O. The molecule has 1 aromatic carbocycles. The molecule has 0 bridgehead atoms. The van der Waals surface area contributed by atoms with E-state index < -0.39 is 0 Å². The first-order chi connectivity index (χ1) is 9.13. The van der Waals surface area contributed by atoms with Crippen molar-refractivity contribution in [1.29, 1.82) is 0 Å². The van der Waals surface area contributed by atoms with Gasteiger partial charge in [-0.1, -0.05) is 40.9 Å². The molecule has 106 valence electrons. The molecule has 2 rings (SSSR count). The second kappa shape index (κ2) is 6.84. The van der Waals surface area contributed by atoms with Gasteiger partial charge in [0, 0.05) is 23.1 Å². The molecule has 0 heterocycles. The van der Waals surface area contributed by atoms with Crippen molar-refractivity contribution in [2.75, 3.05) is 13.6 Å². The van der Waals surface area contributed by atoms with Gasteiger partial charge in [-0.3, -0.25) is 4.90 Å². The minimum atomic E-state index is -0.222. The molecule has 0 spiro atoms. The van der Waals surface area contributed by atoms with Crippen LogP contribution < -0.4 is 5.73 Å². The van der Waals surface area contributed by atoms with Crippen molar-refractivity contribution in [3.05, 3.63) is 34.3 Å². The summed E-state index contributed by atoms with van der Waals surface area (Å²) in [5.74, 6) is 0. The third kappa shape index (κ3) is 3.57. The van der Waals surface area contributed by atoms with Crippen molar-refractivity contribution < 1.29 is 5.11 Å². The van der Waals surface area contributed by atoms with Gasteiger partial charge in [-0.15, -0.1) is 0 Å². The summed E-state index contributed by atoms with van der Waals surface area (Å²) < 4.78 is 1.07. The van der Waals surface area contributed by atoms with Gasteiger partial charge in [0.2, 0.25) is 0 Å². The van der Waals surface area contributed by atoms with E-state index in [0.717, 1.165) is 23.7 Å². The molecule has 19 heavy (non-hydrogen) atoms. The summed E-state index contributed by atoms with van der Waals surface area (Å²) in [5.41, 5.74) is 7.17. The number of likely N-dealkylation sites (N-methyl/N-ethyl adjacent to an activating group) is 1. The molecule has 4 heteroatoms. The zero-order chi connectivity index (χ0) is 13.8. The predicted octanol–water partition coefficient (Wildman–Crippen LogP) is 2.68. The van der Waals surface area contributed by atoms with Crippen LogP contribution in [0.2, 0.25) is 0 Å². The molecule has 0 saturated heterocycles. The van der Waals surface area contributed by atoms with Gasteiger partial charge < -0.3 is 10.8 Å². The van der Waals surface area contributed by atoms with Crippen molar-refractivity contribution in [3.8, 4) is 0 Å². The molecule has 1 aliphatic carbocycles. The van der Waals surface area contributed by atoms with Crippen molar-refractivity contribution in [2.24, 2.45) is 5.73 Å². The van der Waals surface area contributed by atoms with Gasteiger partial charge >= 0.3 is 0 Å². The second-order valence-corrected chi connectivity index (χ2v) is 6.31. The number of benzene rings is 1. The molecule has 3 atom stereocenters. The van der Waals surface area contributed by atoms with Crippen LogP contribution in [-0.4, -0.2) is 35.7 Å². The molecule has 3 nitrogen and oxygen atoms in total. The van der Waals surface area contributed by atoms with Crippen molar-refractivity contribution in [2.45, 2.75) is 43.9 Å². The van der Waals surface area contributed by atoms with Gasteiger partial charge in [0.15, 0.2) is 0 Å². The highest BCUT2D eigenvalue weighted by molar-refractivity contribution is 9.10. The third-order valence-electron chi connectivity index (χ3n) is 4.17. The normalized spacial score (nSPS) is 25.5. The summed E-state index contributed by atoms with van der Waals surface area (Å²) >= 11 is 3.51. The van der Waals surface area contributed by atoms with Crippen molar-refractivity contribution in [3.63, 3.8) is 0 Å². The average molecular weight is 327 g/mol. The lowest BCUT2D eigenvalue weighted by Crippen LogP contribution is -2.46. The molecule has 0 amide bonds. The number of halogens is 1. The minimum absolute atomic E-state index is 0.162. The maximum absolute atomic E-state index is 10.2. The van der Waals surface area contributed by atoms with Crippen LogP contribution in [0.5, 0.6) is 0 Å². The highest BCUT2D eigenvalue weighted by Crippen LogP contribution is 2.29. The van der Waals surface area contributed by atoms with E-state index in [-0.39, 0.29) is 18.2 Å². The molecule has 1 saturated carbocycles. The largest absolute Gasteiger partial charge is 0.391 e. The Morgan fingerprint density at radius 3 is 2.79 bits per heavy atom. The smallest absolute Gasteiger partial charge is 0.0695 e. The van der Waals surface area contributed by atoms with Gasteiger partial charge in [-0.25, -0.2) is 0 Å². The van der Waals surface area contributed by atoms with Gasteiger partial charge in [-0.05, 0) is 37.6 Å². The third-order valence-corrected chi connectivity index (χ3v) is 4.66. The molecule has 0 radical (unpaired) electrons. The van der Waals surface area contributed by atoms with Crippen LogP contribution >= 0.6 is 15.9 Å². The Morgan fingerprint density at radius 2 is 2.16 bits per heavy atom. The summed E-state index contributed by atoms with van der Waals surface area (Å²) in [6.07, 6.45) is 4.07. The van der Waals surface area contributed by atoms with E-state index in [1.165, 1.54) is 12.0 Å². The number of hydrogen-bond donors (Lipinski definition) is 2. The fourth-order valence-electron chi connectivity index (χ4n) is 3.05. The summed E-state index contributed by atoms with van der Waals surface area (Å²) in [4.78, 5) is 2.26. The zero-order valence-electron chi connectivity index (χ0n) is 11.4. The maximum atomic E-state index is 10.2. The molecule has 3 unspecified atom stereocenters. The number of nitrogens with zero attached hydrogens (tertiary/aromatic N) is 1. The second-order valence-electron chi connectivity index (χ2n) is 5.39. The number of aliphatic hydroxyl groups excluding tert-OH is 1. The van der Waals surface area contributed by atoms with Crippen LogP contribution in [0.1, 0.15) is 37.3 Å². The summed E-state index contributed by atoms with van der Waals surface area (Å²) in [6, 6.07) is 8.66. The van der Waals surface area contributed by atoms with Crippen LogP contribution in [0.4, 0.5) is 0 Å². The number of aliphatic hydroxyl groups is 1. The maximum Gasteiger partial charge on any atom is 0.0695 e. The number of rotatable bonds is 4. The highest BCUT2D eigenvalue weighted by Gasteiger charge is 2.30. The van der Waals surface area contributed by atoms with E-state index in [0.29, 0.717) is 6.54 Å². The Labute approximate surface area is 123 Å². The molecule has 1 aliphatic rings. The van der Waals surface area contributed by atoms with Gasteiger partial charge in [0.25, 0.3) is 0 Å². The summed E-state index contributed by atoms with van der Waals surface area (Å²) in [7, 11) is 2.08. The number of nitrogens with two attached hydrogens (primary N) is 1. The summed E-state index contributed by atoms with van der Waals surface area (Å²) in [5, 5.41) is 10.2. The molecular weight excluding hydrogens is 304 g/mol. The van der Waals surface area contributed by atoms with E-state index in [9.17, 15) is 5.11 Å². The lowest BCUT2D eigenvalue weighted by atomic mass is 9.90. The number of hydrogen-bond acceptors (Lipinski definition) is 3. The Kier molecular flexibility index (Phi) is 5.39. The van der Waals surface area contributed by atoms with Crippen molar-refractivity contribution >= 4 is 15.9 Å². The van der Waals surface area contributed by atoms with E-state index in [2.05, 4.69) is 40.0 Å². The van der Waals surface area contributed by atoms with Crippen molar-refractivity contribution in [1.82, 2.24) is 4.90 Å². The Balaban J connectivity index is 2.16. The first-order valence-corrected chi connectivity index (χ1v) is 7.78. The van der Waals surface area contributed by atoms with Gasteiger partial charge in [0.05, 0.1) is 6.10 Å². The highest BCUT2D eigenvalue weighted by atomic mass is 79.9. The van der Waals surface area contributed by atoms with E-state index in [1.807, 2.05) is 12.1 Å². The standard InChI is InChI=1S/C15H23BrN2O/c1-18(13-7-2-3-8-15(13)19)14(10-17)11-5-4-6-12(16)9-11/h4-6,9,13-15,19H,2-3,7-8,10,17H2,1H3. The molecule has 3 N–H and O–H groups in total. The lowest BCUT2D eigenvalue weighted by molar-refractivity contribution is 0.0137.